The lowest BCUT2D eigenvalue weighted by Gasteiger charge is -2.26. The first kappa shape index (κ1) is 29.0. The lowest BCUT2D eigenvalue weighted by Crippen LogP contribution is -2.40. The van der Waals surface area contributed by atoms with Crippen molar-refractivity contribution in [3.8, 4) is 11.1 Å². The molecule has 0 unspecified atom stereocenters. The molecule has 2 aliphatic rings. The molecule has 41 heavy (non-hydrogen) atoms. The predicted molar refractivity (Wildman–Crippen MR) is 163 cm³/mol. The highest BCUT2D eigenvalue weighted by molar-refractivity contribution is 5.82. The first-order valence-corrected chi connectivity index (χ1v) is 15.4. The smallest absolute Gasteiger partial charge is 0.317 e. The van der Waals surface area contributed by atoms with E-state index in [1.807, 2.05) is 52.9 Å². The fourth-order valence-electron chi connectivity index (χ4n) is 6.00. The molecule has 5 rings (SSSR count). The highest BCUT2D eigenvalue weighted by atomic mass is 16.5. The third kappa shape index (κ3) is 7.07. The van der Waals surface area contributed by atoms with Crippen molar-refractivity contribution in [3.63, 3.8) is 0 Å². The lowest BCUT2D eigenvalue weighted by molar-refractivity contribution is 0.0697. The van der Waals surface area contributed by atoms with Gasteiger partial charge in [0.05, 0.1) is 0 Å². The summed E-state index contributed by atoms with van der Waals surface area (Å²) in [4.78, 5) is 38.0. The van der Waals surface area contributed by atoms with E-state index in [1.54, 1.807) is 0 Å². The highest BCUT2D eigenvalue weighted by Gasteiger charge is 2.27. The largest absolute Gasteiger partial charge is 0.381 e. The van der Waals surface area contributed by atoms with Crippen LogP contribution in [0, 0.1) is 6.92 Å². The monoisotopic (exact) mass is 560 g/mol. The number of ether oxygens (including phenoxy) is 1. The molecule has 2 aliphatic heterocycles. The maximum Gasteiger partial charge on any atom is 0.317 e. The van der Waals surface area contributed by atoms with E-state index in [0.29, 0.717) is 43.5 Å². The Morgan fingerprint density at radius 1 is 1.05 bits per heavy atom. The number of nitrogens with one attached hydrogen (secondary N) is 2. The third-order valence-corrected chi connectivity index (χ3v) is 8.38. The second-order valence-electron chi connectivity index (χ2n) is 11.4. The van der Waals surface area contributed by atoms with Crippen LogP contribution >= 0.6 is 0 Å². The van der Waals surface area contributed by atoms with Crippen molar-refractivity contribution in [1.82, 2.24) is 24.8 Å². The van der Waals surface area contributed by atoms with Gasteiger partial charge >= 0.3 is 6.03 Å². The second kappa shape index (κ2) is 13.9. The number of hydrogen-bond donors (Lipinski definition) is 2. The molecule has 0 spiro atoms. The van der Waals surface area contributed by atoms with Crippen molar-refractivity contribution in [2.24, 2.45) is 0 Å². The molecule has 0 bridgehead atoms. The normalized spacial score (nSPS) is 17.7. The predicted octanol–water partition coefficient (Wildman–Crippen LogP) is 5.67. The number of amides is 2. The fraction of sp³-hybridized carbons (Fsp3) is 0.562. The summed E-state index contributed by atoms with van der Waals surface area (Å²) >= 11 is 0. The van der Waals surface area contributed by atoms with E-state index in [1.165, 1.54) is 25.7 Å². The van der Waals surface area contributed by atoms with Gasteiger partial charge in [0.2, 0.25) is 5.95 Å². The topological polar surface area (TPSA) is 101 Å². The van der Waals surface area contributed by atoms with E-state index in [-0.39, 0.29) is 23.7 Å². The van der Waals surface area contributed by atoms with Crippen molar-refractivity contribution < 1.29 is 9.53 Å². The lowest BCUT2D eigenvalue weighted by atomic mass is 10.00. The number of carbonyl (C=O) groups excluding carboxylic acids is 1. The Kier molecular flexibility index (Phi) is 9.88. The minimum Gasteiger partial charge on any atom is -0.381 e. The number of carbonyl (C=O) groups is 1. The number of pyridine rings is 1. The third-order valence-electron chi connectivity index (χ3n) is 8.38. The van der Waals surface area contributed by atoms with Crippen molar-refractivity contribution in [2.45, 2.75) is 83.7 Å². The minimum atomic E-state index is -0.0302. The number of benzene rings is 1. The molecule has 2 fully saturated rings. The van der Waals surface area contributed by atoms with E-state index in [0.717, 1.165) is 55.2 Å². The Bertz CT molecular complexity index is 1380. The molecule has 9 nitrogen and oxygen atoms in total. The first-order valence-electron chi connectivity index (χ1n) is 15.4. The standard InChI is InChI=1S/C32H44N6O3/c1-3-4-5-6-7-10-16-33-32(40)37-17-13-25(22-37)35-31-34-21-24-20-28(27-12-9-8-11-23(27)2)30(39)38(29(24)36-31)26-14-18-41-19-15-26/h8-9,11-12,20-21,25-26H,3-7,10,13-19,22H2,1-2H3,(H,33,40)(H,34,35,36)/t25-/m0/s1. The zero-order valence-electron chi connectivity index (χ0n) is 24.5. The molecule has 9 heteroatoms. The van der Waals surface area contributed by atoms with Crippen molar-refractivity contribution in [1.29, 1.82) is 0 Å². The first-order chi connectivity index (χ1) is 20.0. The number of aromatic nitrogens is 3. The fourth-order valence-corrected chi connectivity index (χ4v) is 6.00. The maximum absolute atomic E-state index is 14.0. The SMILES string of the molecule is CCCCCCCCNC(=O)N1CC[C@H](Nc2ncc3cc(-c4ccccc4C)c(=O)n(C4CCOCC4)c3n2)C1. The molecule has 1 atom stereocenters. The zero-order valence-corrected chi connectivity index (χ0v) is 24.5. The summed E-state index contributed by atoms with van der Waals surface area (Å²) in [5.74, 6) is 0.487. The van der Waals surface area contributed by atoms with Gasteiger partial charge in [0, 0.05) is 62.1 Å². The quantitative estimate of drug-likeness (QED) is 0.293. The Hall–Kier alpha value is -3.46. The van der Waals surface area contributed by atoms with Gasteiger partial charge in [0.1, 0.15) is 5.65 Å². The van der Waals surface area contributed by atoms with Gasteiger partial charge in [0.25, 0.3) is 5.56 Å². The van der Waals surface area contributed by atoms with Crippen LogP contribution in [0.1, 0.15) is 76.3 Å². The molecule has 2 amide bonds. The van der Waals surface area contributed by atoms with E-state index in [9.17, 15) is 9.59 Å². The number of hydrogen-bond acceptors (Lipinski definition) is 6. The summed E-state index contributed by atoms with van der Waals surface area (Å²) in [6.07, 6.45) is 11.4. The number of fused-ring (bicyclic) bond motifs is 1. The maximum atomic E-state index is 14.0. The summed E-state index contributed by atoms with van der Waals surface area (Å²) < 4.78 is 7.47. The van der Waals surface area contributed by atoms with Gasteiger partial charge in [-0.1, -0.05) is 63.3 Å². The number of aryl methyl sites for hydroxylation is 1. The molecular formula is C32H44N6O3. The van der Waals surface area contributed by atoms with Crippen LogP contribution in [-0.2, 0) is 4.74 Å². The number of unbranched alkanes of at least 4 members (excludes halogenated alkanes) is 5. The van der Waals surface area contributed by atoms with Crippen LogP contribution in [0.4, 0.5) is 10.7 Å². The van der Waals surface area contributed by atoms with E-state index < -0.39 is 0 Å². The number of urea groups is 1. The van der Waals surface area contributed by atoms with Gasteiger partial charge in [0.15, 0.2) is 0 Å². The second-order valence-corrected chi connectivity index (χ2v) is 11.4. The minimum absolute atomic E-state index is 0.000575. The van der Waals surface area contributed by atoms with Gasteiger partial charge < -0.3 is 20.3 Å². The molecule has 2 aromatic heterocycles. The molecular weight excluding hydrogens is 516 g/mol. The average molecular weight is 561 g/mol. The van der Waals surface area contributed by atoms with E-state index in [4.69, 9.17) is 9.72 Å². The van der Waals surface area contributed by atoms with Gasteiger partial charge in [-0.05, 0) is 49.8 Å². The Morgan fingerprint density at radius 2 is 1.83 bits per heavy atom. The number of likely N-dealkylation sites (tertiary alicyclic amines) is 1. The van der Waals surface area contributed by atoms with Crippen LogP contribution < -0.4 is 16.2 Å². The summed E-state index contributed by atoms with van der Waals surface area (Å²) in [5.41, 5.74) is 3.28. The number of anilines is 1. The molecule has 2 saturated heterocycles. The van der Waals surface area contributed by atoms with Crippen LogP contribution in [-0.4, -0.2) is 64.4 Å². The van der Waals surface area contributed by atoms with E-state index in [2.05, 4.69) is 22.5 Å². The van der Waals surface area contributed by atoms with Crippen LogP contribution in [0.15, 0.2) is 41.3 Å². The summed E-state index contributed by atoms with van der Waals surface area (Å²) in [6, 6.07) is 9.98. The number of nitrogens with zero attached hydrogens (tertiary/aromatic N) is 4. The van der Waals surface area contributed by atoms with Crippen LogP contribution in [0.2, 0.25) is 0 Å². The van der Waals surface area contributed by atoms with Gasteiger partial charge in [-0.15, -0.1) is 0 Å². The summed E-state index contributed by atoms with van der Waals surface area (Å²) in [7, 11) is 0. The Balaban J connectivity index is 1.29. The molecule has 220 valence electrons. The van der Waals surface area contributed by atoms with Crippen molar-refractivity contribution in [3.05, 3.63) is 52.4 Å². The van der Waals surface area contributed by atoms with Crippen LogP contribution in [0.3, 0.4) is 0 Å². The van der Waals surface area contributed by atoms with Crippen molar-refractivity contribution in [2.75, 3.05) is 38.2 Å². The molecule has 0 saturated carbocycles. The van der Waals surface area contributed by atoms with Gasteiger partial charge in [-0.3, -0.25) is 9.36 Å². The van der Waals surface area contributed by atoms with Crippen molar-refractivity contribution >= 4 is 23.0 Å². The summed E-state index contributed by atoms with van der Waals surface area (Å²) in [5, 5.41) is 7.35. The van der Waals surface area contributed by atoms with E-state index >= 15 is 0 Å². The zero-order chi connectivity index (χ0) is 28.6. The molecule has 3 aromatic rings. The highest BCUT2D eigenvalue weighted by Crippen LogP contribution is 2.28. The number of rotatable bonds is 11. The van der Waals surface area contributed by atoms with Gasteiger partial charge in [-0.25, -0.2) is 9.78 Å². The average Bonchev–Trinajstić information content (AvgIpc) is 3.46. The van der Waals surface area contributed by atoms with Gasteiger partial charge in [-0.2, -0.15) is 4.98 Å². The molecule has 0 aliphatic carbocycles. The Morgan fingerprint density at radius 3 is 2.63 bits per heavy atom. The molecule has 0 radical (unpaired) electrons. The van der Waals surface area contributed by atoms with Crippen LogP contribution in [0.5, 0.6) is 0 Å². The molecule has 4 heterocycles. The molecule has 1 aromatic carbocycles. The summed E-state index contributed by atoms with van der Waals surface area (Å²) in [6.45, 7) is 7.52. The van der Waals surface area contributed by atoms with Crippen LogP contribution in [0.25, 0.3) is 22.2 Å². The Labute approximate surface area is 242 Å². The molecule has 2 N–H and O–H groups in total.